The topological polar surface area (TPSA) is 74.8 Å². The van der Waals surface area contributed by atoms with Crippen LogP contribution in [0.3, 0.4) is 0 Å². The summed E-state index contributed by atoms with van der Waals surface area (Å²) in [7, 11) is 0. The van der Waals surface area contributed by atoms with Gasteiger partial charge in [0.2, 0.25) is 5.91 Å². The highest BCUT2D eigenvalue weighted by molar-refractivity contribution is 7.22. The molecule has 2 fully saturated rings. The Hall–Kier alpha value is -2.49. The van der Waals surface area contributed by atoms with Crippen LogP contribution in [0.2, 0.25) is 0 Å². The fraction of sp³-hybridized carbons (Fsp3) is 0.381. The molecule has 0 spiro atoms. The second kappa shape index (κ2) is 8.33. The van der Waals surface area contributed by atoms with Gasteiger partial charge in [-0.2, -0.15) is 0 Å². The number of hydrogen-bond donors (Lipinski definition) is 1. The Bertz CT molecular complexity index is 1060. The van der Waals surface area contributed by atoms with Gasteiger partial charge in [-0.15, -0.1) is 11.3 Å². The normalized spacial score (nSPS) is 19.4. The SMILES string of the molecule is O=C(Nc1ccc2nc(N3CCOCC3)sc2c1)C1CCCN1C(=O)c1cccs1. The van der Waals surface area contributed by atoms with Crippen molar-refractivity contribution in [2.75, 3.05) is 43.1 Å². The molecule has 1 atom stereocenters. The summed E-state index contributed by atoms with van der Waals surface area (Å²) in [4.78, 5) is 35.0. The Morgan fingerprint density at radius 1 is 1.17 bits per heavy atom. The molecule has 0 saturated carbocycles. The van der Waals surface area contributed by atoms with E-state index in [1.165, 1.54) is 11.3 Å². The molecule has 4 heterocycles. The van der Waals surface area contributed by atoms with Gasteiger partial charge in [0.25, 0.3) is 5.91 Å². The van der Waals surface area contributed by atoms with Crippen LogP contribution in [-0.2, 0) is 9.53 Å². The molecule has 5 rings (SSSR count). The Balaban J connectivity index is 1.30. The standard InChI is InChI=1S/C21H22N4O3S2/c26-19(16-3-1-7-25(16)20(27)17-4-2-12-29-17)22-14-5-6-15-18(13-14)30-21(23-15)24-8-10-28-11-9-24/h2,4-6,12-13,16H,1,3,7-11H2,(H,22,26). The van der Waals surface area contributed by atoms with Gasteiger partial charge in [-0.3, -0.25) is 9.59 Å². The number of amides is 2. The lowest BCUT2D eigenvalue weighted by atomic mass is 10.2. The summed E-state index contributed by atoms with van der Waals surface area (Å²) >= 11 is 3.04. The molecule has 0 radical (unpaired) electrons. The molecule has 2 amide bonds. The number of thiophene rings is 1. The van der Waals surface area contributed by atoms with Gasteiger partial charge in [0.15, 0.2) is 5.13 Å². The maximum absolute atomic E-state index is 13.0. The predicted molar refractivity (Wildman–Crippen MR) is 120 cm³/mol. The number of carbonyl (C=O) groups excluding carboxylic acids is 2. The summed E-state index contributed by atoms with van der Waals surface area (Å²) in [5.41, 5.74) is 1.66. The van der Waals surface area contributed by atoms with E-state index < -0.39 is 6.04 Å². The first kappa shape index (κ1) is 19.5. The number of rotatable bonds is 4. The highest BCUT2D eigenvalue weighted by Crippen LogP contribution is 2.31. The van der Waals surface area contributed by atoms with Crippen LogP contribution < -0.4 is 10.2 Å². The van der Waals surface area contributed by atoms with Gasteiger partial charge in [-0.05, 0) is 42.5 Å². The van der Waals surface area contributed by atoms with Gasteiger partial charge in [-0.1, -0.05) is 17.4 Å². The third-order valence-corrected chi connectivity index (χ3v) is 7.41. The van der Waals surface area contributed by atoms with Crippen molar-refractivity contribution in [2.24, 2.45) is 0 Å². The van der Waals surface area contributed by atoms with Crippen molar-refractivity contribution in [1.82, 2.24) is 9.88 Å². The molecule has 1 aromatic carbocycles. The monoisotopic (exact) mass is 442 g/mol. The Labute approximate surface area is 182 Å². The second-order valence-electron chi connectivity index (χ2n) is 7.40. The lowest BCUT2D eigenvalue weighted by molar-refractivity contribution is -0.119. The van der Waals surface area contributed by atoms with E-state index in [-0.39, 0.29) is 11.8 Å². The lowest BCUT2D eigenvalue weighted by Gasteiger charge is -2.25. The maximum atomic E-state index is 13.0. The van der Waals surface area contributed by atoms with Gasteiger partial charge in [0.05, 0.1) is 28.3 Å². The number of anilines is 2. The summed E-state index contributed by atoms with van der Waals surface area (Å²) in [5, 5.41) is 5.88. The second-order valence-corrected chi connectivity index (χ2v) is 9.36. The van der Waals surface area contributed by atoms with Crippen LogP contribution in [0.4, 0.5) is 10.8 Å². The van der Waals surface area contributed by atoms with Crippen molar-refractivity contribution in [2.45, 2.75) is 18.9 Å². The van der Waals surface area contributed by atoms with Gasteiger partial charge >= 0.3 is 0 Å². The molecule has 1 unspecified atom stereocenters. The minimum Gasteiger partial charge on any atom is -0.378 e. The predicted octanol–water partition coefficient (Wildman–Crippen LogP) is 3.44. The van der Waals surface area contributed by atoms with Crippen LogP contribution in [0.5, 0.6) is 0 Å². The van der Waals surface area contributed by atoms with E-state index in [2.05, 4.69) is 10.2 Å². The zero-order valence-electron chi connectivity index (χ0n) is 16.4. The van der Waals surface area contributed by atoms with Crippen molar-refractivity contribution in [3.63, 3.8) is 0 Å². The van der Waals surface area contributed by atoms with E-state index in [4.69, 9.17) is 9.72 Å². The highest BCUT2D eigenvalue weighted by Gasteiger charge is 2.35. The van der Waals surface area contributed by atoms with Crippen molar-refractivity contribution < 1.29 is 14.3 Å². The van der Waals surface area contributed by atoms with E-state index in [0.717, 1.165) is 53.8 Å². The first-order valence-electron chi connectivity index (χ1n) is 10.1. The average Bonchev–Trinajstić information content (AvgIpc) is 3.54. The maximum Gasteiger partial charge on any atom is 0.264 e. The van der Waals surface area contributed by atoms with E-state index in [0.29, 0.717) is 17.8 Å². The Kier molecular flexibility index (Phi) is 5.41. The number of nitrogens with one attached hydrogen (secondary N) is 1. The van der Waals surface area contributed by atoms with Crippen LogP contribution in [-0.4, -0.2) is 60.6 Å². The van der Waals surface area contributed by atoms with Crippen LogP contribution in [0.15, 0.2) is 35.7 Å². The molecule has 2 aromatic heterocycles. The number of aromatic nitrogens is 1. The molecule has 2 aliphatic heterocycles. The van der Waals surface area contributed by atoms with E-state index in [1.807, 2.05) is 35.7 Å². The fourth-order valence-corrected chi connectivity index (χ4v) is 5.67. The van der Waals surface area contributed by atoms with E-state index in [1.54, 1.807) is 16.2 Å². The Morgan fingerprint density at radius 3 is 2.83 bits per heavy atom. The number of ether oxygens (including phenoxy) is 1. The fourth-order valence-electron chi connectivity index (χ4n) is 3.93. The summed E-state index contributed by atoms with van der Waals surface area (Å²) in [6.45, 7) is 3.75. The summed E-state index contributed by atoms with van der Waals surface area (Å²) < 4.78 is 6.45. The number of morpholine rings is 1. The number of carbonyl (C=O) groups is 2. The molecule has 2 aliphatic rings. The molecule has 156 valence electrons. The van der Waals surface area contributed by atoms with Gasteiger partial charge in [-0.25, -0.2) is 4.98 Å². The van der Waals surface area contributed by atoms with Crippen LogP contribution in [0, 0.1) is 0 Å². The smallest absolute Gasteiger partial charge is 0.264 e. The third kappa shape index (κ3) is 3.80. The number of thiazole rings is 1. The first-order valence-corrected chi connectivity index (χ1v) is 11.8. The first-order chi connectivity index (χ1) is 14.7. The molecule has 2 saturated heterocycles. The minimum atomic E-state index is -0.430. The molecule has 3 aromatic rings. The van der Waals surface area contributed by atoms with Crippen LogP contribution in [0.1, 0.15) is 22.5 Å². The van der Waals surface area contributed by atoms with Crippen molar-refractivity contribution in [3.8, 4) is 0 Å². The number of likely N-dealkylation sites (tertiary alicyclic amines) is 1. The van der Waals surface area contributed by atoms with Crippen LogP contribution in [0.25, 0.3) is 10.2 Å². The lowest BCUT2D eigenvalue weighted by Crippen LogP contribution is -2.42. The summed E-state index contributed by atoms with van der Waals surface area (Å²) in [6.07, 6.45) is 1.53. The summed E-state index contributed by atoms with van der Waals surface area (Å²) in [5.74, 6) is -0.189. The molecular weight excluding hydrogens is 420 g/mol. The number of hydrogen-bond acceptors (Lipinski definition) is 7. The number of benzene rings is 1. The minimum absolute atomic E-state index is 0.0595. The van der Waals surface area contributed by atoms with E-state index in [9.17, 15) is 9.59 Å². The summed E-state index contributed by atoms with van der Waals surface area (Å²) in [6, 6.07) is 9.02. The highest BCUT2D eigenvalue weighted by atomic mass is 32.1. The Morgan fingerprint density at radius 2 is 2.03 bits per heavy atom. The number of nitrogens with zero attached hydrogens (tertiary/aromatic N) is 3. The molecular formula is C21H22N4O3S2. The van der Waals surface area contributed by atoms with Gasteiger partial charge in [0.1, 0.15) is 6.04 Å². The van der Waals surface area contributed by atoms with E-state index >= 15 is 0 Å². The van der Waals surface area contributed by atoms with Gasteiger partial charge in [0, 0.05) is 25.3 Å². The largest absolute Gasteiger partial charge is 0.378 e. The van der Waals surface area contributed by atoms with Crippen LogP contribution >= 0.6 is 22.7 Å². The zero-order valence-corrected chi connectivity index (χ0v) is 18.0. The van der Waals surface area contributed by atoms with Gasteiger partial charge < -0.3 is 19.9 Å². The van der Waals surface area contributed by atoms with Crippen molar-refractivity contribution >= 4 is 55.5 Å². The zero-order chi connectivity index (χ0) is 20.5. The molecule has 30 heavy (non-hydrogen) atoms. The third-order valence-electron chi connectivity index (χ3n) is 5.47. The van der Waals surface area contributed by atoms with Crippen molar-refractivity contribution in [1.29, 1.82) is 0 Å². The molecule has 1 N–H and O–H groups in total. The molecule has 9 heteroatoms. The molecule has 7 nitrogen and oxygen atoms in total. The quantitative estimate of drug-likeness (QED) is 0.670. The molecule has 0 bridgehead atoms. The average molecular weight is 443 g/mol. The molecule has 0 aliphatic carbocycles. The van der Waals surface area contributed by atoms with Crippen molar-refractivity contribution in [3.05, 3.63) is 40.6 Å². The number of fused-ring (bicyclic) bond motifs is 1.